The van der Waals surface area contributed by atoms with Gasteiger partial charge in [0.05, 0.1) is 6.54 Å². The molecule has 1 fully saturated rings. The molecule has 1 aliphatic carbocycles. The average molecular weight is 223 g/mol. The number of rotatable bonds is 3. The molecule has 0 heterocycles. The van der Waals surface area contributed by atoms with Crippen molar-refractivity contribution < 1.29 is 18.0 Å². The van der Waals surface area contributed by atoms with Gasteiger partial charge in [-0.1, -0.05) is 6.42 Å². The lowest BCUT2D eigenvalue weighted by Gasteiger charge is -2.26. The zero-order chi connectivity index (χ0) is 11.5. The molecule has 0 aromatic heterocycles. The summed E-state index contributed by atoms with van der Waals surface area (Å²) in [6.07, 6.45) is -1.06. The molecule has 0 spiro atoms. The normalized spacial score (nSPS) is 23.5. The molecule has 1 saturated carbocycles. The van der Waals surface area contributed by atoms with E-state index in [9.17, 15) is 18.0 Å². The molecule has 0 N–H and O–H groups in total. The van der Waals surface area contributed by atoms with Gasteiger partial charge in [-0.2, -0.15) is 13.2 Å². The maximum absolute atomic E-state index is 12.0. The van der Waals surface area contributed by atoms with Crippen LogP contribution >= 0.6 is 0 Å². The highest BCUT2D eigenvalue weighted by Crippen LogP contribution is 2.22. The fourth-order valence-electron chi connectivity index (χ4n) is 2.00. The van der Waals surface area contributed by atoms with Crippen LogP contribution in [0.1, 0.15) is 25.7 Å². The lowest BCUT2D eigenvalue weighted by Crippen LogP contribution is -2.37. The van der Waals surface area contributed by atoms with Crippen molar-refractivity contribution in [1.82, 2.24) is 4.90 Å². The van der Waals surface area contributed by atoms with Crippen molar-refractivity contribution in [2.45, 2.75) is 31.9 Å². The van der Waals surface area contributed by atoms with E-state index < -0.39 is 12.7 Å². The van der Waals surface area contributed by atoms with Gasteiger partial charge in [-0.3, -0.25) is 9.69 Å². The molecular formula is C10H16F3NO. The van der Waals surface area contributed by atoms with Gasteiger partial charge in [0.2, 0.25) is 0 Å². The summed E-state index contributed by atoms with van der Waals surface area (Å²) in [5, 5.41) is 0. The van der Waals surface area contributed by atoms with Crippen molar-refractivity contribution >= 4 is 5.78 Å². The summed E-state index contributed by atoms with van der Waals surface area (Å²) in [6.45, 7) is -0.699. The molecule has 0 saturated heterocycles. The number of carbonyl (C=O) groups is 1. The van der Waals surface area contributed by atoms with Crippen LogP contribution in [0.15, 0.2) is 0 Å². The van der Waals surface area contributed by atoms with Crippen molar-refractivity contribution in [2.75, 3.05) is 20.1 Å². The van der Waals surface area contributed by atoms with E-state index in [1.807, 2.05) is 0 Å². The van der Waals surface area contributed by atoms with Crippen LogP contribution in [0, 0.1) is 5.92 Å². The van der Waals surface area contributed by atoms with E-state index in [0.717, 1.165) is 19.3 Å². The molecule has 0 aromatic rings. The maximum Gasteiger partial charge on any atom is 0.401 e. The van der Waals surface area contributed by atoms with E-state index in [2.05, 4.69) is 0 Å². The molecule has 1 aliphatic rings. The topological polar surface area (TPSA) is 20.3 Å². The van der Waals surface area contributed by atoms with Gasteiger partial charge >= 0.3 is 6.18 Å². The summed E-state index contributed by atoms with van der Waals surface area (Å²) in [5.74, 6) is -0.0682. The van der Waals surface area contributed by atoms with Crippen molar-refractivity contribution in [3.8, 4) is 0 Å². The van der Waals surface area contributed by atoms with Crippen LogP contribution in [0.25, 0.3) is 0 Å². The summed E-state index contributed by atoms with van der Waals surface area (Å²) in [5.41, 5.74) is 0. The Labute approximate surface area is 87.4 Å². The molecule has 88 valence electrons. The van der Waals surface area contributed by atoms with Gasteiger partial charge in [-0.25, -0.2) is 0 Å². The van der Waals surface area contributed by atoms with Gasteiger partial charge in [0.1, 0.15) is 5.78 Å². The first-order valence-electron chi connectivity index (χ1n) is 5.16. The lowest BCUT2D eigenvalue weighted by molar-refractivity contribution is -0.146. The number of hydrogen-bond donors (Lipinski definition) is 0. The van der Waals surface area contributed by atoms with Crippen LogP contribution in [0.2, 0.25) is 0 Å². The van der Waals surface area contributed by atoms with Crippen molar-refractivity contribution in [2.24, 2.45) is 5.92 Å². The first-order chi connectivity index (χ1) is 6.88. The van der Waals surface area contributed by atoms with Gasteiger partial charge in [0.25, 0.3) is 0 Å². The molecule has 1 rings (SSSR count). The first-order valence-corrected chi connectivity index (χ1v) is 5.16. The number of Topliss-reactive ketones (excluding diaryl/α,β-unsaturated/α-hetero) is 1. The van der Waals surface area contributed by atoms with Crippen LogP contribution in [0.4, 0.5) is 13.2 Å². The Bertz CT molecular complexity index is 227. The molecule has 0 amide bonds. The van der Waals surface area contributed by atoms with Gasteiger partial charge < -0.3 is 0 Å². The Kier molecular flexibility index (Phi) is 4.13. The van der Waals surface area contributed by atoms with E-state index in [0.29, 0.717) is 6.42 Å². The Hall–Kier alpha value is -0.580. The highest BCUT2D eigenvalue weighted by atomic mass is 19.4. The summed E-state index contributed by atoms with van der Waals surface area (Å²) in [7, 11) is 1.41. The smallest absolute Gasteiger partial charge is 0.299 e. The fraction of sp³-hybridized carbons (Fsp3) is 0.900. The third kappa shape index (κ3) is 4.64. The molecule has 0 bridgehead atoms. The third-order valence-electron chi connectivity index (χ3n) is 2.66. The lowest BCUT2D eigenvalue weighted by atomic mass is 9.88. The number of alkyl halides is 3. The van der Waals surface area contributed by atoms with Crippen LogP contribution in [0.5, 0.6) is 0 Å². The van der Waals surface area contributed by atoms with Gasteiger partial charge in [0, 0.05) is 18.9 Å². The predicted molar refractivity (Wildman–Crippen MR) is 50.5 cm³/mol. The van der Waals surface area contributed by atoms with E-state index >= 15 is 0 Å². The minimum atomic E-state index is -4.17. The summed E-state index contributed by atoms with van der Waals surface area (Å²) in [6, 6.07) is 0. The monoisotopic (exact) mass is 223 g/mol. The minimum absolute atomic E-state index is 0.121. The Morgan fingerprint density at radius 1 is 1.40 bits per heavy atom. The Morgan fingerprint density at radius 2 is 2.07 bits per heavy atom. The van der Waals surface area contributed by atoms with Crippen LogP contribution in [-0.2, 0) is 4.79 Å². The summed E-state index contributed by atoms with van der Waals surface area (Å²) >= 11 is 0. The highest BCUT2D eigenvalue weighted by molar-refractivity contribution is 5.81. The zero-order valence-electron chi connectivity index (χ0n) is 8.81. The van der Waals surface area contributed by atoms with E-state index in [1.54, 1.807) is 0 Å². The highest BCUT2D eigenvalue weighted by Gasteiger charge is 2.31. The largest absolute Gasteiger partial charge is 0.401 e. The number of nitrogens with zero attached hydrogens (tertiary/aromatic N) is 1. The number of hydrogen-bond acceptors (Lipinski definition) is 2. The second-order valence-corrected chi connectivity index (χ2v) is 4.22. The van der Waals surface area contributed by atoms with E-state index in [-0.39, 0.29) is 18.2 Å². The molecule has 2 nitrogen and oxygen atoms in total. The van der Waals surface area contributed by atoms with Gasteiger partial charge in [-0.15, -0.1) is 0 Å². The maximum atomic E-state index is 12.0. The van der Waals surface area contributed by atoms with E-state index in [1.165, 1.54) is 11.9 Å². The molecule has 5 heteroatoms. The molecule has 0 aromatic carbocycles. The fourth-order valence-corrected chi connectivity index (χ4v) is 2.00. The van der Waals surface area contributed by atoms with Crippen molar-refractivity contribution in [3.05, 3.63) is 0 Å². The molecule has 1 unspecified atom stereocenters. The number of ketones is 1. The predicted octanol–water partition coefficient (Wildman–Crippen LogP) is 2.24. The molecule has 0 aliphatic heterocycles. The second kappa shape index (κ2) is 4.96. The summed E-state index contributed by atoms with van der Waals surface area (Å²) in [4.78, 5) is 12.6. The quantitative estimate of drug-likeness (QED) is 0.731. The molecule has 0 radical (unpaired) electrons. The number of carbonyl (C=O) groups excluding carboxylic acids is 1. The van der Waals surface area contributed by atoms with E-state index in [4.69, 9.17) is 0 Å². The molecular weight excluding hydrogens is 207 g/mol. The molecule has 15 heavy (non-hydrogen) atoms. The number of halogens is 3. The third-order valence-corrected chi connectivity index (χ3v) is 2.66. The average Bonchev–Trinajstić information content (AvgIpc) is 2.05. The van der Waals surface area contributed by atoms with Gasteiger partial charge in [0.15, 0.2) is 0 Å². The van der Waals surface area contributed by atoms with Crippen molar-refractivity contribution in [3.63, 3.8) is 0 Å². The van der Waals surface area contributed by atoms with Crippen molar-refractivity contribution in [1.29, 1.82) is 0 Å². The zero-order valence-corrected chi connectivity index (χ0v) is 8.81. The summed E-state index contributed by atoms with van der Waals surface area (Å²) < 4.78 is 36.1. The Morgan fingerprint density at radius 3 is 2.60 bits per heavy atom. The SMILES string of the molecule is CN(CC1CCCCC1=O)CC(F)(F)F. The standard InChI is InChI=1S/C10H16F3NO/c1-14(7-10(11,12)13)6-8-4-2-3-5-9(8)15/h8H,2-7H2,1H3. The first kappa shape index (κ1) is 12.5. The van der Waals surface area contributed by atoms with Crippen LogP contribution in [0.3, 0.4) is 0 Å². The van der Waals surface area contributed by atoms with Gasteiger partial charge in [-0.05, 0) is 19.9 Å². The van der Waals surface area contributed by atoms with Crippen LogP contribution in [-0.4, -0.2) is 37.0 Å². The second-order valence-electron chi connectivity index (χ2n) is 4.22. The van der Waals surface area contributed by atoms with Crippen LogP contribution < -0.4 is 0 Å². The minimum Gasteiger partial charge on any atom is -0.299 e. The molecule has 1 atom stereocenters. The Balaban J connectivity index is 2.36.